The zero-order valence-electron chi connectivity index (χ0n) is 11.8. The minimum atomic E-state index is 0.605. The first-order chi connectivity index (χ1) is 9.86. The van der Waals surface area contributed by atoms with Gasteiger partial charge in [-0.1, -0.05) is 48.5 Å². The maximum atomic E-state index is 5.64. The highest BCUT2D eigenvalue weighted by molar-refractivity contribution is 5.64. The lowest BCUT2D eigenvalue weighted by molar-refractivity contribution is 0.461. The van der Waals surface area contributed by atoms with E-state index >= 15 is 0 Å². The molecule has 0 amide bonds. The van der Waals surface area contributed by atoms with Crippen molar-refractivity contribution in [2.45, 2.75) is 25.3 Å². The van der Waals surface area contributed by atoms with Gasteiger partial charge in [0.1, 0.15) is 0 Å². The summed E-state index contributed by atoms with van der Waals surface area (Å²) >= 11 is 0. The van der Waals surface area contributed by atoms with Crippen molar-refractivity contribution in [2.75, 3.05) is 13.1 Å². The highest BCUT2D eigenvalue weighted by atomic mass is 14.9. The van der Waals surface area contributed by atoms with Crippen molar-refractivity contribution < 1.29 is 0 Å². The molecule has 3 rings (SSSR count). The number of benzene rings is 2. The molecule has 1 aliphatic heterocycles. The molecule has 1 atom stereocenters. The van der Waals surface area contributed by atoms with Crippen LogP contribution in [0.4, 0.5) is 0 Å². The normalized spacial score (nSPS) is 18.9. The zero-order chi connectivity index (χ0) is 13.8. The molecule has 2 heteroatoms. The van der Waals surface area contributed by atoms with Crippen molar-refractivity contribution in [3.8, 4) is 11.1 Å². The van der Waals surface area contributed by atoms with Crippen LogP contribution in [-0.2, 0) is 6.54 Å². The van der Waals surface area contributed by atoms with E-state index in [2.05, 4.69) is 53.8 Å². The van der Waals surface area contributed by atoms with Gasteiger partial charge in [-0.25, -0.2) is 0 Å². The topological polar surface area (TPSA) is 38.0 Å². The molecule has 0 bridgehead atoms. The maximum absolute atomic E-state index is 5.64. The summed E-state index contributed by atoms with van der Waals surface area (Å²) in [5, 5.41) is 3.48. The van der Waals surface area contributed by atoms with Crippen LogP contribution in [0.15, 0.2) is 48.5 Å². The third-order valence-corrected chi connectivity index (χ3v) is 4.20. The van der Waals surface area contributed by atoms with E-state index < -0.39 is 0 Å². The Bertz CT molecular complexity index is 537. The van der Waals surface area contributed by atoms with E-state index in [-0.39, 0.29) is 0 Å². The predicted octanol–water partition coefficient (Wildman–Crippen LogP) is 3.28. The maximum Gasteiger partial charge on any atom is 0.0178 e. The van der Waals surface area contributed by atoms with Gasteiger partial charge in [0.2, 0.25) is 0 Å². The van der Waals surface area contributed by atoms with Gasteiger partial charge in [-0.3, -0.25) is 0 Å². The Morgan fingerprint density at radius 2 is 1.60 bits per heavy atom. The number of piperidine rings is 1. The van der Waals surface area contributed by atoms with E-state index in [1.54, 1.807) is 0 Å². The number of hydrogen-bond donors (Lipinski definition) is 2. The SMILES string of the molecule is NCc1ccc(-c2ccc(C3CCCNC3)cc2)cc1. The van der Waals surface area contributed by atoms with Gasteiger partial charge in [0, 0.05) is 13.1 Å². The van der Waals surface area contributed by atoms with Crippen LogP contribution in [0.3, 0.4) is 0 Å². The third-order valence-electron chi connectivity index (χ3n) is 4.20. The van der Waals surface area contributed by atoms with Crippen molar-refractivity contribution >= 4 is 0 Å². The monoisotopic (exact) mass is 266 g/mol. The Labute approximate surface area is 121 Å². The average molecular weight is 266 g/mol. The van der Waals surface area contributed by atoms with Gasteiger partial charge >= 0.3 is 0 Å². The molecule has 2 aromatic rings. The fourth-order valence-corrected chi connectivity index (χ4v) is 2.92. The highest BCUT2D eigenvalue weighted by Crippen LogP contribution is 2.26. The van der Waals surface area contributed by atoms with Crippen LogP contribution in [0.1, 0.15) is 29.9 Å². The molecule has 1 heterocycles. The predicted molar refractivity (Wildman–Crippen MR) is 84.6 cm³/mol. The number of rotatable bonds is 3. The van der Waals surface area contributed by atoms with Crippen molar-refractivity contribution in [3.05, 3.63) is 59.7 Å². The summed E-state index contributed by atoms with van der Waals surface area (Å²) in [4.78, 5) is 0. The third kappa shape index (κ3) is 2.92. The van der Waals surface area contributed by atoms with Gasteiger partial charge in [-0.2, -0.15) is 0 Å². The largest absolute Gasteiger partial charge is 0.326 e. The van der Waals surface area contributed by atoms with Crippen molar-refractivity contribution in [2.24, 2.45) is 5.73 Å². The van der Waals surface area contributed by atoms with E-state index in [1.165, 1.54) is 41.6 Å². The fourth-order valence-electron chi connectivity index (χ4n) is 2.92. The van der Waals surface area contributed by atoms with Crippen LogP contribution in [-0.4, -0.2) is 13.1 Å². The second kappa shape index (κ2) is 6.21. The Hall–Kier alpha value is -1.64. The molecular formula is C18H22N2. The summed E-state index contributed by atoms with van der Waals surface area (Å²) < 4.78 is 0. The molecular weight excluding hydrogens is 244 g/mol. The Morgan fingerprint density at radius 3 is 2.15 bits per heavy atom. The van der Waals surface area contributed by atoms with Crippen LogP contribution in [0.5, 0.6) is 0 Å². The van der Waals surface area contributed by atoms with Gasteiger partial charge in [-0.05, 0) is 47.6 Å². The van der Waals surface area contributed by atoms with Crippen LogP contribution in [0, 0.1) is 0 Å². The lowest BCUT2D eigenvalue weighted by Crippen LogP contribution is -2.28. The molecule has 0 aromatic heterocycles. The summed E-state index contributed by atoms with van der Waals surface area (Å²) in [7, 11) is 0. The minimum absolute atomic E-state index is 0.605. The standard InChI is InChI=1S/C18H22N2/c19-12-14-3-5-15(6-4-14)16-7-9-17(10-8-16)18-2-1-11-20-13-18/h3-10,18,20H,1-2,11-13,19H2. The Morgan fingerprint density at radius 1 is 0.950 bits per heavy atom. The van der Waals surface area contributed by atoms with Crippen molar-refractivity contribution in [1.82, 2.24) is 5.32 Å². The van der Waals surface area contributed by atoms with Gasteiger partial charge in [-0.15, -0.1) is 0 Å². The fraction of sp³-hybridized carbons (Fsp3) is 0.333. The van der Waals surface area contributed by atoms with Gasteiger partial charge < -0.3 is 11.1 Å². The number of nitrogens with two attached hydrogens (primary N) is 1. The quantitative estimate of drug-likeness (QED) is 0.894. The minimum Gasteiger partial charge on any atom is -0.326 e. The van der Waals surface area contributed by atoms with Gasteiger partial charge in [0.15, 0.2) is 0 Å². The molecule has 0 radical (unpaired) electrons. The van der Waals surface area contributed by atoms with E-state index in [0.717, 1.165) is 6.54 Å². The highest BCUT2D eigenvalue weighted by Gasteiger charge is 2.14. The molecule has 1 fully saturated rings. The molecule has 0 spiro atoms. The van der Waals surface area contributed by atoms with Crippen LogP contribution >= 0.6 is 0 Å². The zero-order valence-corrected chi connectivity index (χ0v) is 11.8. The smallest absolute Gasteiger partial charge is 0.0178 e. The molecule has 20 heavy (non-hydrogen) atoms. The van der Waals surface area contributed by atoms with E-state index in [1.807, 2.05) is 0 Å². The number of hydrogen-bond acceptors (Lipinski definition) is 2. The van der Waals surface area contributed by atoms with E-state index in [9.17, 15) is 0 Å². The first-order valence-electron chi connectivity index (χ1n) is 7.47. The van der Waals surface area contributed by atoms with E-state index in [0.29, 0.717) is 12.5 Å². The van der Waals surface area contributed by atoms with Gasteiger partial charge in [0.05, 0.1) is 0 Å². The Kier molecular flexibility index (Phi) is 4.14. The first kappa shape index (κ1) is 13.3. The lowest BCUT2D eigenvalue weighted by Gasteiger charge is -2.23. The number of nitrogens with one attached hydrogen (secondary N) is 1. The summed E-state index contributed by atoms with van der Waals surface area (Å²) in [6.07, 6.45) is 2.59. The summed E-state index contributed by atoms with van der Waals surface area (Å²) in [6, 6.07) is 17.6. The molecule has 1 saturated heterocycles. The first-order valence-corrected chi connectivity index (χ1v) is 7.47. The summed E-state index contributed by atoms with van der Waals surface area (Å²) in [5.74, 6) is 0.678. The summed E-state index contributed by atoms with van der Waals surface area (Å²) in [6.45, 7) is 2.89. The molecule has 2 nitrogen and oxygen atoms in total. The van der Waals surface area contributed by atoms with Crippen LogP contribution in [0.2, 0.25) is 0 Å². The lowest BCUT2D eigenvalue weighted by atomic mass is 9.90. The average Bonchev–Trinajstić information content (AvgIpc) is 2.56. The van der Waals surface area contributed by atoms with Crippen LogP contribution in [0.25, 0.3) is 11.1 Å². The van der Waals surface area contributed by atoms with Gasteiger partial charge in [0.25, 0.3) is 0 Å². The second-order valence-electron chi connectivity index (χ2n) is 5.57. The van der Waals surface area contributed by atoms with E-state index in [4.69, 9.17) is 5.73 Å². The molecule has 2 aromatic carbocycles. The molecule has 0 aliphatic carbocycles. The molecule has 3 N–H and O–H groups in total. The molecule has 0 saturated carbocycles. The van der Waals surface area contributed by atoms with Crippen molar-refractivity contribution in [3.63, 3.8) is 0 Å². The molecule has 1 aliphatic rings. The van der Waals surface area contributed by atoms with Crippen molar-refractivity contribution in [1.29, 1.82) is 0 Å². The second-order valence-corrected chi connectivity index (χ2v) is 5.57. The van der Waals surface area contributed by atoms with Crippen LogP contribution < -0.4 is 11.1 Å². The Balaban J connectivity index is 1.77. The molecule has 1 unspecified atom stereocenters. The molecule has 104 valence electrons. The summed E-state index contributed by atoms with van der Waals surface area (Å²) in [5.41, 5.74) is 10.8.